The first-order valence-electron chi connectivity index (χ1n) is 6.99. The van der Waals surface area contributed by atoms with Gasteiger partial charge in [-0.15, -0.1) is 0 Å². The molecule has 102 valence electrons. The van der Waals surface area contributed by atoms with Crippen molar-refractivity contribution in [2.75, 3.05) is 26.2 Å². The Morgan fingerprint density at radius 1 is 1.44 bits per heavy atom. The van der Waals surface area contributed by atoms with E-state index in [0.717, 1.165) is 26.2 Å². The van der Waals surface area contributed by atoms with Crippen LogP contribution in [0.3, 0.4) is 0 Å². The Morgan fingerprint density at radius 3 is 2.83 bits per heavy atom. The van der Waals surface area contributed by atoms with Crippen LogP contribution in [0, 0.1) is 5.92 Å². The topological polar surface area (TPSA) is 61.4 Å². The summed E-state index contributed by atoms with van der Waals surface area (Å²) in [6.07, 6.45) is 3.51. The summed E-state index contributed by atoms with van der Waals surface area (Å²) >= 11 is 0. The third-order valence-electron chi connectivity index (χ3n) is 3.86. The van der Waals surface area contributed by atoms with Crippen LogP contribution in [0.5, 0.6) is 0 Å². The summed E-state index contributed by atoms with van der Waals surface area (Å²) in [5.41, 5.74) is 0. The summed E-state index contributed by atoms with van der Waals surface area (Å²) in [6, 6.07) is -0.283. The molecule has 5 heteroatoms. The molecule has 2 N–H and O–H groups in total. The summed E-state index contributed by atoms with van der Waals surface area (Å²) in [4.78, 5) is 25.4. The Kier molecular flexibility index (Phi) is 4.58. The number of hydrogen-bond donors (Lipinski definition) is 2. The third kappa shape index (κ3) is 3.22. The zero-order chi connectivity index (χ0) is 13.0. The Bertz CT molecular complexity index is 313. The molecule has 5 nitrogen and oxygen atoms in total. The average Bonchev–Trinajstić information content (AvgIpc) is 2.83. The first kappa shape index (κ1) is 13.3. The number of carbonyl (C=O) groups excluding carboxylic acids is 2. The van der Waals surface area contributed by atoms with E-state index in [1.54, 1.807) is 0 Å². The molecule has 0 saturated carbocycles. The van der Waals surface area contributed by atoms with Gasteiger partial charge in [-0.05, 0) is 45.2 Å². The van der Waals surface area contributed by atoms with E-state index < -0.39 is 0 Å². The fourth-order valence-corrected chi connectivity index (χ4v) is 2.79. The van der Waals surface area contributed by atoms with Crippen molar-refractivity contribution in [2.45, 2.75) is 38.6 Å². The van der Waals surface area contributed by atoms with Gasteiger partial charge in [-0.3, -0.25) is 9.59 Å². The van der Waals surface area contributed by atoms with Gasteiger partial charge in [-0.25, -0.2) is 0 Å². The van der Waals surface area contributed by atoms with Gasteiger partial charge in [0, 0.05) is 19.5 Å². The van der Waals surface area contributed by atoms with Gasteiger partial charge in [0.25, 0.3) is 0 Å². The van der Waals surface area contributed by atoms with Crippen molar-refractivity contribution in [3.8, 4) is 0 Å². The van der Waals surface area contributed by atoms with Crippen LogP contribution in [-0.2, 0) is 9.59 Å². The molecule has 2 amide bonds. The fourth-order valence-electron chi connectivity index (χ4n) is 2.79. The van der Waals surface area contributed by atoms with Gasteiger partial charge in [0.15, 0.2) is 0 Å². The molecule has 2 fully saturated rings. The van der Waals surface area contributed by atoms with Gasteiger partial charge < -0.3 is 15.5 Å². The van der Waals surface area contributed by atoms with Gasteiger partial charge in [0.05, 0.1) is 0 Å². The number of nitrogens with one attached hydrogen (secondary N) is 2. The highest BCUT2D eigenvalue weighted by Crippen LogP contribution is 2.15. The molecule has 2 rings (SSSR count). The minimum Gasteiger partial charge on any atom is -0.344 e. The van der Waals surface area contributed by atoms with Gasteiger partial charge in [-0.2, -0.15) is 0 Å². The molecule has 0 bridgehead atoms. The minimum absolute atomic E-state index is 0.00346. The Morgan fingerprint density at radius 2 is 2.28 bits per heavy atom. The largest absolute Gasteiger partial charge is 0.344 e. The second kappa shape index (κ2) is 6.18. The predicted molar refractivity (Wildman–Crippen MR) is 69.0 cm³/mol. The average molecular weight is 253 g/mol. The standard InChI is InChI=1S/C13H23N3O2/c1-2-16(9-10-4-3-7-14-8-10)13(18)11-5-6-12(17)15-11/h10-11,14H,2-9H2,1H3,(H,15,17)/t10?,11-/m0/s1. The van der Waals surface area contributed by atoms with Crippen LogP contribution in [0.2, 0.25) is 0 Å². The van der Waals surface area contributed by atoms with Crippen LogP contribution in [-0.4, -0.2) is 48.9 Å². The molecule has 0 spiro atoms. The van der Waals surface area contributed by atoms with E-state index in [-0.39, 0.29) is 17.9 Å². The zero-order valence-corrected chi connectivity index (χ0v) is 11.1. The lowest BCUT2D eigenvalue weighted by Crippen LogP contribution is -2.47. The monoisotopic (exact) mass is 253 g/mol. The van der Waals surface area contributed by atoms with Gasteiger partial charge in [0.1, 0.15) is 6.04 Å². The van der Waals surface area contributed by atoms with Gasteiger partial charge in [-0.1, -0.05) is 0 Å². The van der Waals surface area contributed by atoms with Crippen LogP contribution in [0.25, 0.3) is 0 Å². The van der Waals surface area contributed by atoms with E-state index in [1.807, 2.05) is 11.8 Å². The van der Waals surface area contributed by atoms with Crippen molar-refractivity contribution in [2.24, 2.45) is 5.92 Å². The molecule has 0 aromatic heterocycles. The molecule has 0 radical (unpaired) electrons. The summed E-state index contributed by atoms with van der Waals surface area (Å²) in [5.74, 6) is 0.650. The molecule has 0 aromatic rings. The van der Waals surface area contributed by atoms with Crippen molar-refractivity contribution < 1.29 is 9.59 Å². The van der Waals surface area contributed by atoms with E-state index in [0.29, 0.717) is 18.8 Å². The number of rotatable bonds is 4. The highest BCUT2D eigenvalue weighted by atomic mass is 16.2. The second-order valence-electron chi connectivity index (χ2n) is 5.25. The van der Waals surface area contributed by atoms with Crippen molar-refractivity contribution in [1.29, 1.82) is 0 Å². The number of piperidine rings is 1. The Hall–Kier alpha value is -1.10. The molecule has 2 aliphatic heterocycles. The summed E-state index contributed by atoms with van der Waals surface area (Å²) in [5, 5.41) is 6.13. The summed E-state index contributed by atoms with van der Waals surface area (Å²) in [7, 11) is 0. The molecule has 18 heavy (non-hydrogen) atoms. The van der Waals surface area contributed by atoms with E-state index >= 15 is 0 Å². The fraction of sp³-hybridized carbons (Fsp3) is 0.846. The lowest BCUT2D eigenvalue weighted by molar-refractivity contribution is -0.134. The second-order valence-corrected chi connectivity index (χ2v) is 5.25. The summed E-state index contributed by atoms with van der Waals surface area (Å²) < 4.78 is 0. The molecule has 2 heterocycles. The van der Waals surface area contributed by atoms with Crippen LogP contribution < -0.4 is 10.6 Å². The molecular weight excluding hydrogens is 230 g/mol. The molecule has 2 aliphatic rings. The van der Waals surface area contributed by atoms with Crippen molar-refractivity contribution >= 4 is 11.8 Å². The van der Waals surface area contributed by atoms with E-state index in [2.05, 4.69) is 10.6 Å². The van der Waals surface area contributed by atoms with E-state index in [9.17, 15) is 9.59 Å². The predicted octanol–water partition coefficient (Wildman–Crippen LogP) is 0.113. The molecule has 2 saturated heterocycles. The minimum atomic E-state index is -0.283. The van der Waals surface area contributed by atoms with Gasteiger partial charge in [0.2, 0.25) is 11.8 Å². The smallest absolute Gasteiger partial charge is 0.245 e. The highest BCUT2D eigenvalue weighted by Gasteiger charge is 2.31. The molecule has 2 atom stereocenters. The third-order valence-corrected chi connectivity index (χ3v) is 3.86. The van der Waals surface area contributed by atoms with Crippen LogP contribution in [0.15, 0.2) is 0 Å². The first-order valence-corrected chi connectivity index (χ1v) is 6.99. The van der Waals surface area contributed by atoms with E-state index in [4.69, 9.17) is 0 Å². The number of nitrogens with zero attached hydrogens (tertiary/aromatic N) is 1. The first-order chi connectivity index (χ1) is 8.70. The number of hydrogen-bond acceptors (Lipinski definition) is 3. The van der Waals surface area contributed by atoms with Crippen LogP contribution in [0.4, 0.5) is 0 Å². The maximum absolute atomic E-state index is 12.3. The van der Waals surface area contributed by atoms with Crippen molar-refractivity contribution in [3.63, 3.8) is 0 Å². The van der Waals surface area contributed by atoms with Gasteiger partial charge >= 0.3 is 0 Å². The van der Waals surface area contributed by atoms with Crippen LogP contribution >= 0.6 is 0 Å². The lowest BCUT2D eigenvalue weighted by Gasteiger charge is -2.31. The van der Waals surface area contributed by atoms with Crippen molar-refractivity contribution in [3.05, 3.63) is 0 Å². The van der Waals surface area contributed by atoms with Crippen LogP contribution in [0.1, 0.15) is 32.6 Å². The molecular formula is C13H23N3O2. The van der Waals surface area contributed by atoms with Crippen molar-refractivity contribution in [1.82, 2.24) is 15.5 Å². The number of likely N-dealkylation sites (N-methyl/N-ethyl adjacent to an activating group) is 1. The molecule has 1 unspecified atom stereocenters. The van der Waals surface area contributed by atoms with E-state index in [1.165, 1.54) is 12.8 Å². The molecule has 0 aliphatic carbocycles. The summed E-state index contributed by atoms with van der Waals surface area (Å²) in [6.45, 7) is 5.64. The maximum atomic E-state index is 12.3. The lowest BCUT2D eigenvalue weighted by atomic mass is 9.98. The Labute approximate surface area is 108 Å². The number of carbonyl (C=O) groups is 2. The SMILES string of the molecule is CCN(CC1CCCNC1)C(=O)[C@@H]1CCC(=O)N1. The normalized spacial score (nSPS) is 27.9. The highest BCUT2D eigenvalue weighted by molar-refractivity contribution is 5.90. The zero-order valence-electron chi connectivity index (χ0n) is 11.1. The Balaban J connectivity index is 1.86. The quantitative estimate of drug-likeness (QED) is 0.748. The number of amides is 2. The molecule has 0 aromatic carbocycles. The maximum Gasteiger partial charge on any atom is 0.245 e.